The molecule has 0 fully saturated rings. The first kappa shape index (κ1) is 12.2. The minimum atomic E-state index is -2.06. The first-order valence-corrected chi connectivity index (χ1v) is 11.1. The van der Waals surface area contributed by atoms with E-state index in [2.05, 4.69) is 44.5 Å². The Kier molecular flexibility index (Phi) is 3.56. The van der Waals surface area contributed by atoms with Gasteiger partial charge in [0, 0.05) is 15.9 Å². The standard InChI is InChI=1S/C19H27NSi/c1-14(2)11-17-12-18(16-9-7-15(3)8-10-16)20-13-19(17)21(4,5)6/h7-10,12-14H,11H2,1-6H3/i3D3. The molecule has 0 aliphatic rings. The molecule has 0 aliphatic carbocycles. The summed E-state index contributed by atoms with van der Waals surface area (Å²) < 4.78 is 22.4. The molecular formula is C19H27NSi. The summed E-state index contributed by atoms with van der Waals surface area (Å²) >= 11 is 0. The maximum Gasteiger partial charge on any atom is 0.0799 e. The highest BCUT2D eigenvalue weighted by atomic mass is 28.3. The van der Waals surface area contributed by atoms with Gasteiger partial charge in [-0.05, 0) is 36.0 Å². The van der Waals surface area contributed by atoms with Crippen LogP contribution in [-0.2, 0) is 6.42 Å². The van der Waals surface area contributed by atoms with Crippen LogP contribution in [0.4, 0.5) is 0 Å². The zero-order valence-corrected chi connectivity index (χ0v) is 14.7. The van der Waals surface area contributed by atoms with Crippen LogP contribution in [0.15, 0.2) is 36.5 Å². The molecule has 0 saturated carbocycles. The molecule has 0 aliphatic heterocycles. The number of hydrogen-bond acceptors (Lipinski definition) is 1. The van der Waals surface area contributed by atoms with Gasteiger partial charge in [0.05, 0.1) is 13.8 Å². The maximum atomic E-state index is 7.48. The van der Waals surface area contributed by atoms with E-state index in [1.165, 1.54) is 10.8 Å². The Balaban J connectivity index is 2.44. The van der Waals surface area contributed by atoms with Crippen molar-refractivity contribution in [1.82, 2.24) is 4.98 Å². The zero-order valence-electron chi connectivity index (χ0n) is 16.7. The van der Waals surface area contributed by atoms with E-state index in [0.717, 1.165) is 17.7 Å². The maximum absolute atomic E-state index is 7.48. The fourth-order valence-electron chi connectivity index (χ4n) is 2.58. The number of aromatic nitrogens is 1. The number of pyridine rings is 1. The third-order valence-electron chi connectivity index (χ3n) is 3.61. The molecule has 0 atom stereocenters. The van der Waals surface area contributed by atoms with Gasteiger partial charge in [-0.25, -0.2) is 0 Å². The van der Waals surface area contributed by atoms with Crippen LogP contribution in [0.2, 0.25) is 19.6 Å². The molecule has 0 unspecified atom stereocenters. The van der Waals surface area contributed by atoms with Gasteiger partial charge in [0.15, 0.2) is 0 Å². The predicted octanol–water partition coefficient (Wildman–Crippen LogP) is 4.80. The van der Waals surface area contributed by atoms with Crippen LogP contribution in [0, 0.1) is 12.8 Å². The predicted molar refractivity (Wildman–Crippen MR) is 95.9 cm³/mol. The van der Waals surface area contributed by atoms with Crippen LogP contribution in [0.1, 0.15) is 29.1 Å². The molecule has 1 heterocycles. The molecule has 0 bridgehead atoms. The molecule has 112 valence electrons. The van der Waals surface area contributed by atoms with Gasteiger partial charge in [0.1, 0.15) is 0 Å². The number of aryl methyl sites for hydroxylation is 1. The largest absolute Gasteiger partial charge is 0.256 e. The van der Waals surface area contributed by atoms with Crippen LogP contribution in [0.3, 0.4) is 0 Å². The molecular weight excluding hydrogens is 270 g/mol. The molecule has 0 spiro atoms. The summed E-state index contributed by atoms with van der Waals surface area (Å²) in [5, 5.41) is 1.42. The van der Waals surface area contributed by atoms with Gasteiger partial charge in [0.25, 0.3) is 0 Å². The first-order chi connectivity index (χ1) is 11.0. The smallest absolute Gasteiger partial charge is 0.0799 e. The van der Waals surface area contributed by atoms with Crippen molar-refractivity contribution in [2.45, 2.75) is 46.8 Å². The molecule has 1 nitrogen and oxygen atoms in total. The fraction of sp³-hybridized carbons (Fsp3) is 0.421. The van der Waals surface area contributed by atoms with Crippen LogP contribution in [0.25, 0.3) is 11.3 Å². The Morgan fingerprint density at radius 2 is 1.81 bits per heavy atom. The molecule has 1 aromatic heterocycles. The molecule has 2 aromatic rings. The van der Waals surface area contributed by atoms with Crippen LogP contribution in [0.5, 0.6) is 0 Å². The van der Waals surface area contributed by atoms with Crippen molar-refractivity contribution < 1.29 is 4.11 Å². The highest BCUT2D eigenvalue weighted by Crippen LogP contribution is 2.20. The zero-order chi connectivity index (χ0) is 18.1. The van der Waals surface area contributed by atoms with Gasteiger partial charge >= 0.3 is 0 Å². The molecule has 0 N–H and O–H groups in total. The van der Waals surface area contributed by atoms with E-state index in [0.29, 0.717) is 11.5 Å². The summed E-state index contributed by atoms with van der Waals surface area (Å²) in [6, 6.07) is 9.27. The summed E-state index contributed by atoms with van der Waals surface area (Å²) in [6.07, 6.45) is 3.08. The summed E-state index contributed by atoms with van der Waals surface area (Å²) in [4.78, 5) is 4.67. The number of benzene rings is 1. The van der Waals surface area contributed by atoms with Crippen molar-refractivity contribution in [2.24, 2.45) is 5.92 Å². The van der Waals surface area contributed by atoms with E-state index >= 15 is 0 Å². The quantitative estimate of drug-likeness (QED) is 0.739. The van der Waals surface area contributed by atoms with E-state index in [1.54, 1.807) is 12.1 Å². The van der Waals surface area contributed by atoms with Crippen LogP contribution < -0.4 is 5.19 Å². The van der Waals surface area contributed by atoms with Gasteiger partial charge in [0.2, 0.25) is 0 Å². The van der Waals surface area contributed by atoms with Gasteiger partial charge in [-0.1, -0.05) is 63.3 Å². The van der Waals surface area contributed by atoms with Crippen molar-refractivity contribution in [3.8, 4) is 11.3 Å². The Labute approximate surface area is 134 Å². The summed E-state index contributed by atoms with van der Waals surface area (Å²) in [5.74, 6) is 0.591. The van der Waals surface area contributed by atoms with Gasteiger partial charge in [-0.3, -0.25) is 4.98 Å². The third kappa shape index (κ3) is 4.04. The molecule has 0 amide bonds. The van der Waals surface area contributed by atoms with Gasteiger partial charge < -0.3 is 0 Å². The normalized spacial score (nSPS) is 14.7. The minimum Gasteiger partial charge on any atom is -0.256 e. The lowest BCUT2D eigenvalue weighted by molar-refractivity contribution is 0.649. The minimum absolute atomic E-state index is 0.368. The van der Waals surface area contributed by atoms with Crippen LogP contribution >= 0.6 is 0 Å². The van der Waals surface area contributed by atoms with E-state index in [1.807, 2.05) is 18.3 Å². The van der Waals surface area contributed by atoms with Crippen molar-refractivity contribution in [3.05, 3.63) is 47.7 Å². The lowest BCUT2D eigenvalue weighted by atomic mass is 10.0. The lowest BCUT2D eigenvalue weighted by Gasteiger charge is -2.22. The SMILES string of the molecule is [2H]C([2H])([2H])c1ccc(-c2cc(CC(C)C)c([Si](C)(C)C)cn2)cc1. The first-order valence-electron chi connectivity index (χ1n) is 9.09. The average Bonchev–Trinajstić information content (AvgIpc) is 2.44. The summed E-state index contributed by atoms with van der Waals surface area (Å²) in [7, 11) is -1.44. The number of nitrogens with zero attached hydrogens (tertiary/aromatic N) is 1. The van der Waals surface area contributed by atoms with Crippen LogP contribution in [-0.4, -0.2) is 13.1 Å². The van der Waals surface area contributed by atoms with Crippen molar-refractivity contribution >= 4 is 13.3 Å². The van der Waals surface area contributed by atoms with Crippen molar-refractivity contribution in [3.63, 3.8) is 0 Å². The molecule has 21 heavy (non-hydrogen) atoms. The Bertz CT molecular complexity index is 698. The number of hydrogen-bond donors (Lipinski definition) is 0. The Morgan fingerprint density at radius 1 is 1.14 bits per heavy atom. The van der Waals surface area contributed by atoms with E-state index in [9.17, 15) is 0 Å². The fourth-order valence-corrected chi connectivity index (χ4v) is 4.17. The summed E-state index contributed by atoms with van der Waals surface area (Å²) in [5.41, 5.74) is 3.64. The topological polar surface area (TPSA) is 12.9 Å². The Morgan fingerprint density at radius 3 is 2.33 bits per heavy atom. The van der Waals surface area contributed by atoms with Gasteiger partial charge in [-0.15, -0.1) is 0 Å². The highest BCUT2D eigenvalue weighted by Gasteiger charge is 2.21. The van der Waals surface area contributed by atoms with Crippen molar-refractivity contribution in [1.29, 1.82) is 0 Å². The average molecular weight is 301 g/mol. The molecule has 1 aromatic carbocycles. The second-order valence-corrected chi connectivity index (χ2v) is 12.2. The highest BCUT2D eigenvalue weighted by molar-refractivity contribution is 6.89. The molecule has 2 rings (SSSR count). The van der Waals surface area contributed by atoms with Gasteiger partial charge in [-0.2, -0.15) is 0 Å². The lowest BCUT2D eigenvalue weighted by Crippen LogP contribution is -2.40. The van der Waals surface area contributed by atoms with E-state index in [4.69, 9.17) is 4.11 Å². The second kappa shape index (κ2) is 6.14. The van der Waals surface area contributed by atoms with E-state index in [-0.39, 0.29) is 0 Å². The molecule has 2 heteroatoms. The third-order valence-corrected chi connectivity index (χ3v) is 5.67. The van der Waals surface area contributed by atoms with Crippen molar-refractivity contribution in [2.75, 3.05) is 0 Å². The second-order valence-electron chi connectivity index (χ2n) is 7.15. The monoisotopic (exact) mass is 300 g/mol. The summed E-state index contributed by atoms with van der Waals surface area (Å²) in [6.45, 7) is 9.45. The molecule has 0 radical (unpaired) electrons. The molecule has 0 saturated heterocycles. The Hall–Kier alpha value is -1.41. The van der Waals surface area contributed by atoms with E-state index < -0.39 is 14.9 Å². The number of rotatable bonds is 4.